The Kier molecular flexibility index (Phi) is 19.9. The third kappa shape index (κ3) is 19.1. The Bertz CT molecular complexity index is 393. The molecule has 2 unspecified atom stereocenters. The predicted octanol–water partition coefficient (Wildman–Crippen LogP) is 7.10. The summed E-state index contributed by atoms with van der Waals surface area (Å²) in [6, 6.07) is 0. The van der Waals surface area contributed by atoms with Crippen molar-refractivity contribution >= 4 is 40.5 Å². The number of aliphatic carboxylic acids is 2. The van der Waals surface area contributed by atoms with E-state index in [0.717, 1.165) is 44.3 Å². The number of hydrogen-bond donors (Lipinski definition) is 3. The van der Waals surface area contributed by atoms with Crippen molar-refractivity contribution in [3.8, 4) is 0 Å². The molecule has 0 spiro atoms. The van der Waals surface area contributed by atoms with Crippen LogP contribution in [-0.2, 0) is 9.59 Å². The molecular weight excluding hydrogens is 440 g/mol. The van der Waals surface area contributed by atoms with Gasteiger partial charge in [-0.15, -0.1) is 0 Å². The van der Waals surface area contributed by atoms with E-state index in [1.165, 1.54) is 57.8 Å². The molecule has 0 aromatic carbocycles. The molecule has 166 valence electrons. The minimum Gasteiger partial charge on any atom is -0.481 e. The first-order valence-electron chi connectivity index (χ1n) is 11.2. The van der Waals surface area contributed by atoms with E-state index in [4.69, 9.17) is 10.2 Å². The maximum absolute atomic E-state index is 11.0. The zero-order valence-electron chi connectivity index (χ0n) is 17.4. The standard InChI is InChI=1S/C22H41BrO4S/c23-20(14-10-6-2-1-3-7-11-15-21(24)25)19(16-17-22(26)27)13-9-5-4-8-12-18-28/h19-20,28H,1-18H2,(H,24,25)(H,26,27). The summed E-state index contributed by atoms with van der Waals surface area (Å²) in [4.78, 5) is 21.8. The van der Waals surface area contributed by atoms with Crippen molar-refractivity contribution in [2.75, 3.05) is 5.75 Å². The van der Waals surface area contributed by atoms with E-state index in [2.05, 4.69) is 28.6 Å². The highest BCUT2D eigenvalue weighted by atomic mass is 79.9. The highest BCUT2D eigenvalue weighted by Crippen LogP contribution is 2.29. The van der Waals surface area contributed by atoms with E-state index < -0.39 is 11.9 Å². The lowest BCUT2D eigenvalue weighted by atomic mass is 9.90. The van der Waals surface area contributed by atoms with Crippen molar-refractivity contribution in [2.45, 2.75) is 114 Å². The summed E-state index contributed by atoms with van der Waals surface area (Å²) in [5, 5.41) is 17.6. The van der Waals surface area contributed by atoms with Gasteiger partial charge < -0.3 is 10.2 Å². The Morgan fingerprint density at radius 3 is 1.64 bits per heavy atom. The minimum atomic E-state index is -0.696. The molecule has 0 radical (unpaired) electrons. The highest BCUT2D eigenvalue weighted by molar-refractivity contribution is 9.09. The van der Waals surface area contributed by atoms with Crippen molar-refractivity contribution in [1.29, 1.82) is 0 Å². The number of alkyl halides is 1. The molecule has 0 rings (SSSR count). The first kappa shape index (κ1) is 27.8. The van der Waals surface area contributed by atoms with Crippen LogP contribution in [0.2, 0.25) is 0 Å². The maximum Gasteiger partial charge on any atom is 0.303 e. The SMILES string of the molecule is O=C(O)CCCCCCCCCC(Br)C(CCCCCCCS)CCC(=O)O. The van der Waals surface area contributed by atoms with Crippen molar-refractivity contribution in [1.82, 2.24) is 0 Å². The van der Waals surface area contributed by atoms with Crippen LogP contribution in [0.1, 0.15) is 109 Å². The molecule has 0 fully saturated rings. The fraction of sp³-hybridized carbons (Fsp3) is 0.909. The molecule has 0 aliphatic carbocycles. The van der Waals surface area contributed by atoms with Gasteiger partial charge >= 0.3 is 11.9 Å². The molecule has 0 aromatic heterocycles. The second kappa shape index (κ2) is 20.1. The summed E-state index contributed by atoms with van der Waals surface area (Å²) < 4.78 is 0. The molecule has 0 aliphatic heterocycles. The van der Waals surface area contributed by atoms with Gasteiger partial charge in [-0.05, 0) is 43.8 Å². The predicted molar refractivity (Wildman–Crippen MR) is 124 cm³/mol. The van der Waals surface area contributed by atoms with Crippen LogP contribution in [0.25, 0.3) is 0 Å². The summed E-state index contributed by atoms with van der Waals surface area (Å²) in [6.45, 7) is 0. The van der Waals surface area contributed by atoms with E-state index in [0.29, 0.717) is 10.7 Å². The second-order valence-corrected chi connectivity index (χ2v) is 9.52. The van der Waals surface area contributed by atoms with E-state index >= 15 is 0 Å². The lowest BCUT2D eigenvalue weighted by Crippen LogP contribution is -2.16. The Labute approximate surface area is 185 Å². The molecule has 2 atom stereocenters. The quantitative estimate of drug-likeness (QED) is 0.0929. The third-order valence-corrected chi connectivity index (χ3v) is 6.87. The lowest BCUT2D eigenvalue weighted by Gasteiger charge is -2.22. The van der Waals surface area contributed by atoms with Gasteiger partial charge in [-0.1, -0.05) is 80.1 Å². The van der Waals surface area contributed by atoms with Crippen molar-refractivity contribution < 1.29 is 19.8 Å². The van der Waals surface area contributed by atoms with Gasteiger partial charge in [0.1, 0.15) is 0 Å². The number of carboxylic acids is 2. The van der Waals surface area contributed by atoms with Crippen LogP contribution < -0.4 is 0 Å². The minimum absolute atomic E-state index is 0.267. The summed E-state index contributed by atoms with van der Waals surface area (Å²) in [7, 11) is 0. The smallest absolute Gasteiger partial charge is 0.303 e. The number of rotatable bonds is 21. The average molecular weight is 482 g/mol. The zero-order chi connectivity index (χ0) is 21.0. The zero-order valence-corrected chi connectivity index (χ0v) is 19.9. The molecular formula is C22H41BrO4S. The highest BCUT2D eigenvalue weighted by Gasteiger charge is 2.19. The molecule has 0 heterocycles. The fourth-order valence-electron chi connectivity index (χ4n) is 3.60. The van der Waals surface area contributed by atoms with Gasteiger partial charge in [0.25, 0.3) is 0 Å². The summed E-state index contributed by atoms with van der Waals surface area (Å²) in [5.74, 6) is 0.0318. The van der Waals surface area contributed by atoms with Crippen LogP contribution in [0.4, 0.5) is 0 Å². The van der Waals surface area contributed by atoms with E-state index in [1.807, 2.05) is 0 Å². The molecule has 4 nitrogen and oxygen atoms in total. The number of carboxylic acid groups (broad SMARTS) is 2. The normalized spacial score (nSPS) is 13.4. The van der Waals surface area contributed by atoms with Gasteiger partial charge in [-0.3, -0.25) is 9.59 Å². The molecule has 0 bridgehead atoms. The van der Waals surface area contributed by atoms with Gasteiger partial charge in [0.05, 0.1) is 0 Å². The van der Waals surface area contributed by atoms with Crippen LogP contribution in [0.3, 0.4) is 0 Å². The Hall–Kier alpha value is -0.230. The van der Waals surface area contributed by atoms with E-state index in [1.54, 1.807) is 0 Å². The summed E-state index contributed by atoms with van der Waals surface area (Å²) in [5.41, 5.74) is 0. The van der Waals surface area contributed by atoms with Gasteiger partial charge in [-0.2, -0.15) is 12.6 Å². The summed E-state index contributed by atoms with van der Waals surface area (Å²) >= 11 is 8.09. The monoisotopic (exact) mass is 480 g/mol. The first-order valence-corrected chi connectivity index (χ1v) is 12.7. The Morgan fingerprint density at radius 2 is 1.11 bits per heavy atom. The van der Waals surface area contributed by atoms with Gasteiger partial charge in [0.15, 0.2) is 0 Å². The molecule has 0 saturated heterocycles. The Morgan fingerprint density at radius 1 is 0.643 bits per heavy atom. The lowest BCUT2D eigenvalue weighted by molar-refractivity contribution is -0.138. The third-order valence-electron chi connectivity index (χ3n) is 5.34. The first-order chi connectivity index (χ1) is 13.5. The van der Waals surface area contributed by atoms with Crippen LogP contribution in [0.15, 0.2) is 0 Å². The van der Waals surface area contributed by atoms with Crippen molar-refractivity contribution in [3.05, 3.63) is 0 Å². The number of thiol groups is 1. The van der Waals surface area contributed by atoms with E-state index in [-0.39, 0.29) is 12.8 Å². The molecule has 0 amide bonds. The number of halogens is 1. The Balaban J connectivity index is 3.88. The van der Waals surface area contributed by atoms with E-state index in [9.17, 15) is 9.59 Å². The van der Waals surface area contributed by atoms with Crippen LogP contribution in [0.5, 0.6) is 0 Å². The number of carbonyl (C=O) groups is 2. The van der Waals surface area contributed by atoms with Crippen LogP contribution in [-0.4, -0.2) is 32.7 Å². The molecule has 6 heteroatoms. The maximum atomic E-state index is 11.0. The topological polar surface area (TPSA) is 74.6 Å². The average Bonchev–Trinajstić information content (AvgIpc) is 2.64. The fourth-order valence-corrected chi connectivity index (χ4v) is 4.67. The van der Waals surface area contributed by atoms with Crippen LogP contribution >= 0.6 is 28.6 Å². The molecule has 0 aromatic rings. The molecule has 28 heavy (non-hydrogen) atoms. The van der Waals surface area contributed by atoms with Crippen LogP contribution in [0, 0.1) is 5.92 Å². The summed E-state index contributed by atoms with van der Waals surface area (Å²) in [6.07, 6.45) is 17.4. The molecule has 0 aliphatic rings. The molecule has 0 saturated carbocycles. The van der Waals surface area contributed by atoms with Gasteiger partial charge in [0.2, 0.25) is 0 Å². The van der Waals surface area contributed by atoms with Gasteiger partial charge in [-0.25, -0.2) is 0 Å². The van der Waals surface area contributed by atoms with Crippen molar-refractivity contribution in [3.63, 3.8) is 0 Å². The number of hydrogen-bond acceptors (Lipinski definition) is 3. The second-order valence-electron chi connectivity index (χ2n) is 7.90. The van der Waals surface area contributed by atoms with Gasteiger partial charge in [0, 0.05) is 17.7 Å². The van der Waals surface area contributed by atoms with Crippen molar-refractivity contribution in [2.24, 2.45) is 5.92 Å². The number of unbranched alkanes of at least 4 members (excludes halogenated alkanes) is 10. The molecule has 2 N–H and O–H groups in total. The largest absolute Gasteiger partial charge is 0.481 e.